The van der Waals surface area contributed by atoms with Gasteiger partial charge in [-0.3, -0.25) is 4.79 Å². The molecule has 35 heavy (non-hydrogen) atoms. The molecule has 0 bridgehead atoms. The van der Waals surface area contributed by atoms with Gasteiger partial charge in [-0.05, 0) is 41.5 Å². The van der Waals surface area contributed by atoms with Crippen LogP contribution in [0.1, 0.15) is 42.7 Å². The number of carbonyl (C=O) groups excluding carboxylic acids is 2. The van der Waals surface area contributed by atoms with Crippen molar-refractivity contribution in [3.8, 4) is 11.1 Å². The number of hydrogen-bond donors (Lipinski definition) is 2. The molecule has 0 radical (unpaired) electrons. The normalized spacial score (nSPS) is 23.8. The summed E-state index contributed by atoms with van der Waals surface area (Å²) in [6, 6.07) is 15.5. The Morgan fingerprint density at radius 2 is 1.71 bits per heavy atom. The van der Waals surface area contributed by atoms with Crippen LogP contribution in [-0.2, 0) is 14.3 Å². The summed E-state index contributed by atoms with van der Waals surface area (Å²) in [4.78, 5) is 39.0. The minimum atomic E-state index is -0.949. The summed E-state index contributed by atoms with van der Waals surface area (Å²) >= 11 is 1.57. The number of benzene rings is 2. The Morgan fingerprint density at radius 3 is 2.40 bits per heavy atom. The van der Waals surface area contributed by atoms with Gasteiger partial charge < -0.3 is 20.1 Å². The number of carboxylic acid groups (broad SMARTS) is 1. The Balaban J connectivity index is 1.18. The van der Waals surface area contributed by atoms with E-state index in [1.807, 2.05) is 24.3 Å². The van der Waals surface area contributed by atoms with Crippen molar-refractivity contribution in [1.29, 1.82) is 0 Å². The number of aliphatic carboxylic acids is 1. The fraction of sp³-hybridized carbons (Fsp3) is 0.444. The van der Waals surface area contributed by atoms with Gasteiger partial charge in [0.25, 0.3) is 0 Å². The Labute approximate surface area is 209 Å². The largest absolute Gasteiger partial charge is 0.480 e. The van der Waals surface area contributed by atoms with Gasteiger partial charge in [0.15, 0.2) is 0 Å². The lowest BCUT2D eigenvalue weighted by Crippen LogP contribution is -2.53. The van der Waals surface area contributed by atoms with E-state index in [9.17, 15) is 19.5 Å². The number of ether oxygens (including phenoxy) is 1. The van der Waals surface area contributed by atoms with Crippen LogP contribution in [0, 0.1) is 5.92 Å². The zero-order valence-electron chi connectivity index (χ0n) is 19.5. The molecule has 1 saturated heterocycles. The SMILES string of the molecule is O=C(N[C@@H]1CCC[C@@H](C(=O)N2CCSCC2C(=O)O)C1)OCC1c2ccccc2-c2ccccc21. The number of nitrogens with one attached hydrogen (secondary N) is 1. The number of fused-ring (bicyclic) bond motifs is 3. The predicted octanol–water partition coefficient (Wildman–Crippen LogP) is 4.11. The summed E-state index contributed by atoms with van der Waals surface area (Å²) in [5.41, 5.74) is 4.69. The molecule has 0 spiro atoms. The Morgan fingerprint density at radius 1 is 1.03 bits per heavy atom. The third kappa shape index (κ3) is 4.89. The molecule has 2 amide bonds. The highest BCUT2D eigenvalue weighted by atomic mass is 32.2. The van der Waals surface area contributed by atoms with Crippen molar-refractivity contribution in [3.63, 3.8) is 0 Å². The molecule has 2 fully saturated rings. The van der Waals surface area contributed by atoms with E-state index < -0.39 is 18.1 Å². The molecule has 3 atom stereocenters. The molecule has 2 aromatic carbocycles. The molecule has 1 aliphatic heterocycles. The van der Waals surface area contributed by atoms with Crippen LogP contribution >= 0.6 is 11.8 Å². The van der Waals surface area contributed by atoms with Crippen LogP contribution < -0.4 is 5.32 Å². The molecule has 1 saturated carbocycles. The van der Waals surface area contributed by atoms with E-state index in [2.05, 4.69) is 29.6 Å². The second kappa shape index (κ2) is 10.3. The lowest BCUT2D eigenvalue weighted by atomic mass is 9.84. The van der Waals surface area contributed by atoms with Crippen molar-refractivity contribution in [2.75, 3.05) is 24.7 Å². The van der Waals surface area contributed by atoms with Crippen LogP contribution in [0.5, 0.6) is 0 Å². The van der Waals surface area contributed by atoms with E-state index >= 15 is 0 Å². The Hall–Kier alpha value is -3.00. The maximum Gasteiger partial charge on any atom is 0.407 e. The first-order valence-corrected chi connectivity index (χ1v) is 13.4. The van der Waals surface area contributed by atoms with Crippen molar-refractivity contribution in [3.05, 3.63) is 59.7 Å². The fourth-order valence-corrected chi connectivity index (χ4v) is 6.70. The van der Waals surface area contributed by atoms with Crippen LogP contribution in [0.4, 0.5) is 4.79 Å². The fourth-order valence-electron chi connectivity index (χ4n) is 5.66. The van der Waals surface area contributed by atoms with E-state index in [1.54, 1.807) is 11.8 Å². The van der Waals surface area contributed by atoms with Gasteiger partial charge in [-0.1, -0.05) is 55.0 Å². The van der Waals surface area contributed by atoms with Gasteiger partial charge in [-0.15, -0.1) is 0 Å². The van der Waals surface area contributed by atoms with Crippen molar-refractivity contribution in [1.82, 2.24) is 10.2 Å². The molecule has 8 heteroatoms. The van der Waals surface area contributed by atoms with Crippen molar-refractivity contribution < 1.29 is 24.2 Å². The number of amides is 2. The Bertz CT molecular complexity index is 1080. The average Bonchev–Trinajstić information content (AvgIpc) is 3.21. The highest BCUT2D eigenvalue weighted by Crippen LogP contribution is 2.44. The minimum absolute atomic E-state index is 0.00115. The number of alkyl carbamates (subject to hydrolysis) is 1. The molecule has 0 aromatic heterocycles. The molecule has 184 valence electrons. The molecular formula is C27H30N2O5S. The number of carbonyl (C=O) groups is 3. The van der Waals surface area contributed by atoms with Gasteiger partial charge >= 0.3 is 12.1 Å². The molecule has 3 aliphatic rings. The summed E-state index contributed by atoms with van der Waals surface area (Å²) in [6.45, 7) is 0.710. The standard InChI is InChI=1S/C27H30N2O5S/c30-25(29-12-13-35-16-24(29)26(31)32)17-6-5-7-18(14-17)28-27(33)34-15-23-21-10-3-1-8-19(21)20-9-2-4-11-22(20)23/h1-4,8-11,17-18,23-24H,5-7,12-16H2,(H,28,33)(H,31,32)/t17-,18-,24?/m1/s1. The van der Waals surface area contributed by atoms with Gasteiger partial charge in [-0.25, -0.2) is 9.59 Å². The van der Waals surface area contributed by atoms with Crippen LogP contribution in [0.3, 0.4) is 0 Å². The molecule has 2 aliphatic carbocycles. The van der Waals surface area contributed by atoms with Crippen molar-refractivity contribution in [2.45, 2.75) is 43.7 Å². The van der Waals surface area contributed by atoms with E-state index in [-0.39, 0.29) is 30.4 Å². The molecule has 2 aromatic rings. The van der Waals surface area contributed by atoms with Gasteiger partial charge in [-0.2, -0.15) is 11.8 Å². The zero-order chi connectivity index (χ0) is 24.4. The van der Waals surface area contributed by atoms with E-state index in [1.165, 1.54) is 16.0 Å². The molecule has 1 unspecified atom stereocenters. The van der Waals surface area contributed by atoms with Gasteiger partial charge in [0.2, 0.25) is 5.91 Å². The van der Waals surface area contributed by atoms with Crippen LogP contribution in [-0.4, -0.2) is 64.7 Å². The summed E-state index contributed by atoms with van der Waals surface area (Å²) < 4.78 is 5.68. The molecule has 1 heterocycles. The zero-order valence-corrected chi connectivity index (χ0v) is 20.3. The van der Waals surface area contributed by atoms with E-state index in [0.717, 1.165) is 36.1 Å². The van der Waals surface area contributed by atoms with Gasteiger partial charge in [0, 0.05) is 35.9 Å². The smallest absolute Gasteiger partial charge is 0.407 e. The lowest BCUT2D eigenvalue weighted by Gasteiger charge is -2.37. The third-order valence-electron chi connectivity index (χ3n) is 7.39. The summed E-state index contributed by atoms with van der Waals surface area (Å²) in [6.07, 6.45) is 2.36. The second-order valence-corrected chi connectivity index (χ2v) is 10.6. The monoisotopic (exact) mass is 494 g/mol. The van der Waals surface area contributed by atoms with Crippen molar-refractivity contribution in [2.24, 2.45) is 5.92 Å². The highest BCUT2D eigenvalue weighted by Gasteiger charge is 2.38. The van der Waals surface area contributed by atoms with Gasteiger partial charge in [0.05, 0.1) is 0 Å². The predicted molar refractivity (Wildman–Crippen MR) is 134 cm³/mol. The number of thioether (sulfide) groups is 1. The first kappa shape index (κ1) is 23.7. The molecule has 7 nitrogen and oxygen atoms in total. The Kier molecular flexibility index (Phi) is 7.00. The first-order valence-electron chi connectivity index (χ1n) is 12.3. The number of nitrogens with zero attached hydrogens (tertiary/aromatic N) is 1. The maximum absolute atomic E-state index is 13.1. The van der Waals surface area contributed by atoms with Crippen molar-refractivity contribution >= 4 is 29.7 Å². The third-order valence-corrected chi connectivity index (χ3v) is 8.41. The van der Waals surface area contributed by atoms with Crippen LogP contribution in [0.15, 0.2) is 48.5 Å². The summed E-state index contributed by atoms with van der Waals surface area (Å²) in [5, 5.41) is 12.5. The van der Waals surface area contributed by atoms with Crippen LogP contribution in [0.25, 0.3) is 11.1 Å². The second-order valence-electron chi connectivity index (χ2n) is 9.49. The highest BCUT2D eigenvalue weighted by molar-refractivity contribution is 7.99. The number of carboxylic acids is 1. The topological polar surface area (TPSA) is 95.9 Å². The first-order chi connectivity index (χ1) is 17.0. The van der Waals surface area contributed by atoms with E-state index in [4.69, 9.17) is 4.74 Å². The summed E-state index contributed by atoms with van der Waals surface area (Å²) in [5.74, 6) is -0.142. The lowest BCUT2D eigenvalue weighted by molar-refractivity contribution is -0.151. The van der Waals surface area contributed by atoms with E-state index in [0.29, 0.717) is 18.7 Å². The number of hydrogen-bond acceptors (Lipinski definition) is 5. The quantitative estimate of drug-likeness (QED) is 0.650. The molecule has 5 rings (SSSR count). The van der Waals surface area contributed by atoms with Crippen LogP contribution in [0.2, 0.25) is 0 Å². The summed E-state index contributed by atoms with van der Waals surface area (Å²) in [7, 11) is 0. The average molecular weight is 495 g/mol. The minimum Gasteiger partial charge on any atom is -0.480 e. The maximum atomic E-state index is 13.1. The molecule has 2 N–H and O–H groups in total. The van der Waals surface area contributed by atoms with Gasteiger partial charge in [0.1, 0.15) is 12.6 Å². The number of rotatable bonds is 5. The molecular weight excluding hydrogens is 464 g/mol.